The summed E-state index contributed by atoms with van der Waals surface area (Å²) < 4.78 is 38.6. The molecule has 0 atom stereocenters. The summed E-state index contributed by atoms with van der Waals surface area (Å²) in [6, 6.07) is 7.82. The number of nitro benzene ring substituents is 1. The van der Waals surface area contributed by atoms with Crippen molar-refractivity contribution in [1.29, 1.82) is 0 Å². The lowest BCUT2D eigenvalue weighted by atomic mass is 10.2. The van der Waals surface area contributed by atoms with Gasteiger partial charge in [-0.1, -0.05) is 22.6 Å². The Bertz CT molecular complexity index is 1570. The predicted octanol–water partition coefficient (Wildman–Crippen LogP) is 2.32. The summed E-state index contributed by atoms with van der Waals surface area (Å²) in [7, 11) is -2.16. The summed E-state index contributed by atoms with van der Waals surface area (Å²) in [5, 5.41) is 19.6. The molecule has 0 fully saturated rings. The fourth-order valence-corrected chi connectivity index (χ4v) is 4.74. The Balaban J connectivity index is 1.71. The molecular weight excluding hydrogens is 475 g/mol. The van der Waals surface area contributed by atoms with Crippen molar-refractivity contribution < 1.29 is 17.7 Å². The second-order valence-corrected chi connectivity index (χ2v) is 10.1. The van der Waals surface area contributed by atoms with Crippen molar-refractivity contribution in [3.05, 3.63) is 74.6 Å². The lowest BCUT2D eigenvalue weighted by Gasteiger charge is -2.15. The fraction of sp³-hybridized carbons (Fsp3) is 0.158. The molecule has 170 valence electrons. The van der Waals surface area contributed by atoms with E-state index in [0.717, 1.165) is 29.7 Å². The first-order chi connectivity index (χ1) is 15.5. The molecule has 4 aromatic rings. The van der Waals surface area contributed by atoms with Gasteiger partial charge in [-0.05, 0) is 24.3 Å². The van der Waals surface area contributed by atoms with Gasteiger partial charge in [-0.25, -0.2) is 17.5 Å². The second-order valence-electron chi connectivity index (χ2n) is 7.14. The third kappa shape index (κ3) is 4.56. The molecule has 2 aromatic heterocycles. The molecule has 33 heavy (non-hydrogen) atoms. The van der Waals surface area contributed by atoms with Crippen molar-refractivity contribution in [3.8, 4) is 5.69 Å². The van der Waals surface area contributed by atoms with Crippen molar-refractivity contribution in [3.63, 3.8) is 0 Å². The zero-order valence-corrected chi connectivity index (χ0v) is 18.8. The highest BCUT2D eigenvalue weighted by molar-refractivity contribution is 7.90. The molecule has 14 heteroatoms. The number of hydrogen-bond donors (Lipinski definition) is 0. The first-order valence-corrected chi connectivity index (χ1v) is 12.0. The topological polar surface area (TPSA) is 141 Å². The monoisotopic (exact) mass is 490 g/mol. The molecule has 0 amide bonds. The highest BCUT2D eigenvalue weighted by Crippen LogP contribution is 2.34. The van der Waals surface area contributed by atoms with Gasteiger partial charge in [0.15, 0.2) is 15.0 Å². The molecule has 0 saturated carbocycles. The molecule has 4 rings (SSSR count). The maximum Gasteiger partial charge on any atom is 0.288 e. The number of nitrogens with zero attached hydrogens (tertiary/aromatic N) is 6. The normalized spacial score (nSPS) is 11.6. The number of anilines is 1. The molecule has 0 aliphatic carbocycles. The molecule has 0 bridgehead atoms. The van der Waals surface area contributed by atoms with Gasteiger partial charge in [0.2, 0.25) is 0 Å². The minimum Gasteiger partial charge on any atom is -0.345 e. The van der Waals surface area contributed by atoms with Gasteiger partial charge in [-0.2, -0.15) is 4.98 Å². The van der Waals surface area contributed by atoms with Crippen LogP contribution in [0.15, 0.2) is 52.3 Å². The predicted molar refractivity (Wildman–Crippen MR) is 119 cm³/mol. The number of hydrogen-bond acceptors (Lipinski definition) is 10. The molecule has 2 aromatic carbocycles. The van der Waals surface area contributed by atoms with Crippen molar-refractivity contribution in [2.75, 3.05) is 18.2 Å². The van der Waals surface area contributed by atoms with E-state index in [1.807, 2.05) is 0 Å². The fourth-order valence-electron chi connectivity index (χ4n) is 3.05. The molecule has 0 N–H and O–H groups in total. The summed E-state index contributed by atoms with van der Waals surface area (Å²) in [4.78, 5) is 28.6. The standard InChI is InChI=1S/C19H15FN6O5S2/c1-24(9-12-10-25(23-22-12)13-5-3-4-11(20)6-13)19-21-18(27)15-7-14(33(2,30)31)8-16(26(28)29)17(15)32-19/h3-8,10H,9H2,1-2H3. The van der Waals surface area contributed by atoms with Gasteiger partial charge in [0.1, 0.15) is 16.2 Å². The quantitative estimate of drug-likeness (QED) is 0.294. The molecule has 0 unspecified atom stereocenters. The van der Waals surface area contributed by atoms with Gasteiger partial charge in [0.25, 0.3) is 11.2 Å². The first kappa shape index (κ1) is 22.4. The van der Waals surface area contributed by atoms with Gasteiger partial charge in [0, 0.05) is 19.4 Å². The number of sulfone groups is 1. The van der Waals surface area contributed by atoms with Crippen LogP contribution in [-0.2, 0) is 16.4 Å². The van der Waals surface area contributed by atoms with E-state index in [1.54, 1.807) is 24.2 Å². The minimum atomic E-state index is -3.78. The van der Waals surface area contributed by atoms with Gasteiger partial charge in [-0.15, -0.1) is 5.10 Å². The first-order valence-electron chi connectivity index (χ1n) is 9.24. The van der Waals surface area contributed by atoms with Crippen LogP contribution in [0.4, 0.5) is 15.2 Å². The van der Waals surface area contributed by atoms with Crippen LogP contribution >= 0.6 is 11.3 Å². The Morgan fingerprint density at radius 2 is 2.03 bits per heavy atom. The smallest absolute Gasteiger partial charge is 0.288 e. The van der Waals surface area contributed by atoms with E-state index in [4.69, 9.17) is 0 Å². The van der Waals surface area contributed by atoms with E-state index in [-0.39, 0.29) is 26.7 Å². The largest absolute Gasteiger partial charge is 0.345 e. The number of benzene rings is 2. The lowest BCUT2D eigenvalue weighted by Crippen LogP contribution is -2.20. The van der Waals surface area contributed by atoms with Crippen molar-refractivity contribution in [2.45, 2.75) is 11.4 Å². The van der Waals surface area contributed by atoms with E-state index in [1.165, 1.54) is 22.9 Å². The molecular formula is C19H15FN6O5S2. The van der Waals surface area contributed by atoms with E-state index in [9.17, 15) is 27.7 Å². The molecule has 0 aliphatic rings. The Morgan fingerprint density at radius 1 is 1.27 bits per heavy atom. The van der Waals surface area contributed by atoms with E-state index >= 15 is 0 Å². The zero-order chi connectivity index (χ0) is 23.9. The summed E-state index contributed by atoms with van der Waals surface area (Å²) in [5.74, 6) is -0.424. The highest BCUT2D eigenvalue weighted by atomic mass is 32.2. The number of non-ortho nitro benzene ring substituents is 1. The average molecular weight is 490 g/mol. The van der Waals surface area contributed by atoms with E-state index in [2.05, 4.69) is 15.3 Å². The molecule has 0 aliphatic heterocycles. The molecule has 11 nitrogen and oxygen atoms in total. The van der Waals surface area contributed by atoms with E-state index in [0.29, 0.717) is 11.4 Å². The maximum atomic E-state index is 13.4. The van der Waals surface area contributed by atoms with Crippen molar-refractivity contribution in [2.24, 2.45) is 0 Å². The van der Waals surface area contributed by atoms with Crippen molar-refractivity contribution in [1.82, 2.24) is 20.0 Å². The van der Waals surface area contributed by atoms with Crippen LogP contribution < -0.4 is 10.5 Å². The Kier molecular flexibility index (Phi) is 5.63. The second kappa shape index (κ2) is 8.29. The van der Waals surface area contributed by atoms with Gasteiger partial charge in [0.05, 0.1) is 33.6 Å². The average Bonchev–Trinajstić information content (AvgIpc) is 3.20. The number of nitro groups is 1. The van der Waals surface area contributed by atoms with Crippen LogP contribution in [0.3, 0.4) is 0 Å². The summed E-state index contributed by atoms with van der Waals surface area (Å²) >= 11 is 0.882. The summed E-state index contributed by atoms with van der Waals surface area (Å²) in [5.41, 5.74) is -0.334. The third-order valence-electron chi connectivity index (χ3n) is 4.63. The third-order valence-corrected chi connectivity index (χ3v) is 6.94. The number of halogens is 1. The Labute approximate surface area is 189 Å². The van der Waals surface area contributed by atoms with Crippen LogP contribution in [0.25, 0.3) is 15.8 Å². The molecule has 2 heterocycles. The number of rotatable bonds is 6. The van der Waals surface area contributed by atoms with Crippen molar-refractivity contribution >= 4 is 42.1 Å². The maximum absolute atomic E-state index is 13.4. The highest BCUT2D eigenvalue weighted by Gasteiger charge is 2.23. The summed E-state index contributed by atoms with van der Waals surface area (Å²) in [6.07, 6.45) is 2.48. The van der Waals surface area contributed by atoms with Gasteiger partial charge >= 0.3 is 0 Å². The van der Waals surface area contributed by atoms with Crippen LogP contribution in [0.1, 0.15) is 5.69 Å². The molecule has 0 spiro atoms. The Hall–Kier alpha value is -3.78. The van der Waals surface area contributed by atoms with Crippen LogP contribution in [0.2, 0.25) is 0 Å². The van der Waals surface area contributed by atoms with Crippen LogP contribution in [-0.4, -0.2) is 46.6 Å². The minimum absolute atomic E-state index is 0.0117. The SMILES string of the molecule is CN(Cc1cn(-c2cccc(F)c2)nn1)c1nc(=O)c2cc(S(C)(=O)=O)cc([N+](=O)[O-])c2s1. The molecule has 0 radical (unpaired) electrons. The lowest BCUT2D eigenvalue weighted by molar-refractivity contribution is -0.383. The summed E-state index contributed by atoms with van der Waals surface area (Å²) in [6.45, 7) is 0.152. The van der Waals surface area contributed by atoms with Crippen LogP contribution in [0, 0.1) is 15.9 Å². The van der Waals surface area contributed by atoms with E-state index < -0.39 is 31.8 Å². The molecule has 0 saturated heterocycles. The zero-order valence-electron chi connectivity index (χ0n) is 17.2. The van der Waals surface area contributed by atoms with Crippen LogP contribution in [0.5, 0.6) is 0 Å². The Morgan fingerprint density at radius 3 is 2.70 bits per heavy atom. The van der Waals surface area contributed by atoms with Gasteiger partial charge < -0.3 is 4.90 Å². The number of fused-ring (bicyclic) bond motifs is 1. The van der Waals surface area contributed by atoms with Gasteiger partial charge in [-0.3, -0.25) is 14.9 Å². The number of aromatic nitrogens is 4.